The second kappa shape index (κ2) is 7.25. The zero-order valence-corrected chi connectivity index (χ0v) is 14.7. The molecule has 0 unspecified atom stereocenters. The Morgan fingerprint density at radius 1 is 1.10 bits per heavy atom. The zero-order valence-electron chi connectivity index (χ0n) is 11.5. The molecular weight excluding hydrogens is 382 g/mol. The molecule has 2 nitrogen and oxygen atoms in total. The Bertz CT molecular complexity index is 586. The van der Waals surface area contributed by atoms with Gasteiger partial charge in [0.2, 0.25) is 0 Å². The molecule has 0 radical (unpaired) electrons. The fourth-order valence-corrected chi connectivity index (χ4v) is 3.24. The molecule has 0 amide bonds. The van der Waals surface area contributed by atoms with Gasteiger partial charge in [0.15, 0.2) is 0 Å². The molecule has 0 bridgehead atoms. The maximum Gasteiger partial charge on any atom is 0.133 e. The van der Waals surface area contributed by atoms with Gasteiger partial charge < -0.3 is 10.1 Å². The standard InChI is InChI=1S/C16H17Br2NO/c1-11(13-5-3-4-6-14(13)17)19-10-12-7-8-16(20-2)15(18)9-12/h3-9,11,19H,10H2,1-2H3/t11-/m1/s1. The van der Waals surface area contributed by atoms with Crippen LogP contribution in [0.15, 0.2) is 51.4 Å². The van der Waals surface area contributed by atoms with Gasteiger partial charge in [-0.25, -0.2) is 0 Å². The van der Waals surface area contributed by atoms with Crippen molar-refractivity contribution in [1.29, 1.82) is 0 Å². The van der Waals surface area contributed by atoms with Crippen LogP contribution in [0.2, 0.25) is 0 Å². The Balaban J connectivity index is 2.02. The van der Waals surface area contributed by atoms with Gasteiger partial charge in [-0.2, -0.15) is 0 Å². The number of ether oxygens (including phenoxy) is 1. The number of hydrogen-bond donors (Lipinski definition) is 1. The average Bonchev–Trinajstić information content (AvgIpc) is 2.45. The third-order valence-electron chi connectivity index (χ3n) is 3.20. The maximum absolute atomic E-state index is 5.24. The summed E-state index contributed by atoms with van der Waals surface area (Å²) in [6, 6.07) is 14.7. The molecular formula is C16H17Br2NO. The van der Waals surface area contributed by atoms with E-state index in [9.17, 15) is 0 Å². The van der Waals surface area contributed by atoms with Crippen molar-refractivity contribution in [2.45, 2.75) is 19.5 Å². The number of nitrogens with one attached hydrogen (secondary N) is 1. The van der Waals surface area contributed by atoms with Crippen molar-refractivity contribution >= 4 is 31.9 Å². The molecule has 106 valence electrons. The van der Waals surface area contributed by atoms with E-state index in [1.807, 2.05) is 12.1 Å². The molecule has 0 saturated heterocycles. The first-order chi connectivity index (χ1) is 9.61. The van der Waals surface area contributed by atoms with Gasteiger partial charge in [0.25, 0.3) is 0 Å². The summed E-state index contributed by atoms with van der Waals surface area (Å²) in [4.78, 5) is 0. The highest BCUT2D eigenvalue weighted by Gasteiger charge is 2.08. The van der Waals surface area contributed by atoms with Crippen LogP contribution in [0.4, 0.5) is 0 Å². The van der Waals surface area contributed by atoms with Crippen LogP contribution >= 0.6 is 31.9 Å². The SMILES string of the molecule is COc1ccc(CN[C@H](C)c2ccccc2Br)cc1Br. The van der Waals surface area contributed by atoms with Gasteiger partial charge in [-0.05, 0) is 52.2 Å². The lowest BCUT2D eigenvalue weighted by atomic mass is 10.1. The van der Waals surface area contributed by atoms with E-state index < -0.39 is 0 Å². The summed E-state index contributed by atoms with van der Waals surface area (Å²) in [7, 11) is 1.67. The van der Waals surface area contributed by atoms with Gasteiger partial charge in [0.05, 0.1) is 11.6 Å². The molecule has 2 aromatic rings. The van der Waals surface area contributed by atoms with E-state index in [0.717, 1.165) is 21.2 Å². The Hall–Kier alpha value is -0.840. The van der Waals surface area contributed by atoms with Crippen LogP contribution in [-0.2, 0) is 6.54 Å². The molecule has 1 atom stereocenters. The average molecular weight is 399 g/mol. The van der Waals surface area contributed by atoms with E-state index in [4.69, 9.17) is 4.74 Å². The van der Waals surface area contributed by atoms with Crippen LogP contribution in [-0.4, -0.2) is 7.11 Å². The lowest BCUT2D eigenvalue weighted by Gasteiger charge is -2.16. The quantitative estimate of drug-likeness (QED) is 0.758. The van der Waals surface area contributed by atoms with Crippen molar-refractivity contribution in [3.05, 3.63) is 62.5 Å². The molecule has 4 heteroatoms. The minimum Gasteiger partial charge on any atom is -0.496 e. The van der Waals surface area contributed by atoms with Crippen molar-refractivity contribution in [2.24, 2.45) is 0 Å². The Labute approximate surface area is 136 Å². The Morgan fingerprint density at radius 3 is 2.50 bits per heavy atom. The second-order valence-corrected chi connectivity index (χ2v) is 6.30. The number of benzene rings is 2. The minimum atomic E-state index is 0.284. The highest BCUT2D eigenvalue weighted by molar-refractivity contribution is 9.10. The van der Waals surface area contributed by atoms with Gasteiger partial charge in [-0.3, -0.25) is 0 Å². The minimum absolute atomic E-state index is 0.284. The summed E-state index contributed by atoms with van der Waals surface area (Å²) in [5.41, 5.74) is 2.48. The van der Waals surface area contributed by atoms with Crippen LogP contribution in [0.3, 0.4) is 0 Å². The largest absolute Gasteiger partial charge is 0.496 e. The number of hydrogen-bond acceptors (Lipinski definition) is 2. The monoisotopic (exact) mass is 397 g/mol. The van der Waals surface area contributed by atoms with Crippen molar-refractivity contribution < 1.29 is 4.74 Å². The third kappa shape index (κ3) is 3.84. The Kier molecular flexibility index (Phi) is 5.64. The van der Waals surface area contributed by atoms with Crippen molar-refractivity contribution in [3.63, 3.8) is 0 Å². The third-order valence-corrected chi connectivity index (χ3v) is 4.54. The van der Waals surface area contributed by atoms with Crippen LogP contribution in [0.25, 0.3) is 0 Å². The van der Waals surface area contributed by atoms with E-state index in [2.05, 4.69) is 74.4 Å². The van der Waals surface area contributed by atoms with Gasteiger partial charge in [0.1, 0.15) is 5.75 Å². The first-order valence-corrected chi connectivity index (χ1v) is 8.00. The number of halogens is 2. The van der Waals surface area contributed by atoms with Gasteiger partial charge in [-0.15, -0.1) is 0 Å². The van der Waals surface area contributed by atoms with Gasteiger partial charge in [0, 0.05) is 17.1 Å². The molecule has 0 aliphatic heterocycles. The summed E-state index contributed by atoms with van der Waals surface area (Å²) in [6.07, 6.45) is 0. The number of methoxy groups -OCH3 is 1. The predicted molar refractivity (Wildman–Crippen MR) is 90.1 cm³/mol. The van der Waals surface area contributed by atoms with E-state index in [1.165, 1.54) is 11.1 Å². The molecule has 0 aliphatic carbocycles. The predicted octanol–water partition coefficient (Wildman–Crippen LogP) is 5.07. The van der Waals surface area contributed by atoms with E-state index in [-0.39, 0.29) is 6.04 Å². The van der Waals surface area contributed by atoms with Gasteiger partial charge in [-0.1, -0.05) is 40.2 Å². The first-order valence-electron chi connectivity index (χ1n) is 6.42. The Morgan fingerprint density at radius 2 is 1.85 bits per heavy atom. The smallest absolute Gasteiger partial charge is 0.133 e. The van der Waals surface area contributed by atoms with Crippen molar-refractivity contribution in [3.8, 4) is 5.75 Å². The molecule has 20 heavy (non-hydrogen) atoms. The molecule has 0 fully saturated rings. The molecule has 0 saturated carbocycles. The summed E-state index contributed by atoms with van der Waals surface area (Å²) >= 11 is 7.10. The van der Waals surface area contributed by atoms with E-state index in [0.29, 0.717) is 0 Å². The summed E-state index contributed by atoms with van der Waals surface area (Å²) in [5, 5.41) is 3.53. The lowest BCUT2D eigenvalue weighted by molar-refractivity contribution is 0.412. The zero-order chi connectivity index (χ0) is 14.5. The molecule has 1 N–H and O–H groups in total. The van der Waals surface area contributed by atoms with Crippen LogP contribution in [0, 0.1) is 0 Å². The van der Waals surface area contributed by atoms with Crippen molar-refractivity contribution in [2.75, 3.05) is 7.11 Å². The summed E-state index contributed by atoms with van der Waals surface area (Å²) in [6.45, 7) is 2.98. The maximum atomic E-state index is 5.24. The van der Waals surface area contributed by atoms with Crippen LogP contribution < -0.4 is 10.1 Å². The normalized spacial score (nSPS) is 12.2. The van der Waals surface area contributed by atoms with Crippen LogP contribution in [0.1, 0.15) is 24.1 Å². The summed E-state index contributed by atoms with van der Waals surface area (Å²) in [5.74, 6) is 0.854. The topological polar surface area (TPSA) is 21.3 Å². The van der Waals surface area contributed by atoms with Gasteiger partial charge >= 0.3 is 0 Å². The first kappa shape index (κ1) is 15.5. The van der Waals surface area contributed by atoms with E-state index >= 15 is 0 Å². The second-order valence-electron chi connectivity index (χ2n) is 4.59. The molecule has 0 aromatic heterocycles. The highest BCUT2D eigenvalue weighted by Crippen LogP contribution is 2.26. The van der Waals surface area contributed by atoms with E-state index in [1.54, 1.807) is 7.11 Å². The highest BCUT2D eigenvalue weighted by atomic mass is 79.9. The molecule has 0 spiro atoms. The fourth-order valence-electron chi connectivity index (χ4n) is 2.03. The molecule has 0 heterocycles. The van der Waals surface area contributed by atoms with Crippen molar-refractivity contribution in [1.82, 2.24) is 5.32 Å². The molecule has 2 rings (SSSR count). The summed E-state index contributed by atoms with van der Waals surface area (Å²) < 4.78 is 7.35. The molecule has 2 aromatic carbocycles. The lowest BCUT2D eigenvalue weighted by Crippen LogP contribution is -2.18. The fraction of sp³-hybridized carbons (Fsp3) is 0.250. The van der Waals surface area contributed by atoms with Crippen LogP contribution in [0.5, 0.6) is 5.75 Å². The number of rotatable bonds is 5. The molecule has 0 aliphatic rings.